The van der Waals surface area contributed by atoms with Crippen molar-refractivity contribution in [2.45, 2.75) is 6.42 Å². The van der Waals surface area contributed by atoms with Crippen molar-refractivity contribution in [1.29, 1.82) is 0 Å². The average molecular weight is 343 g/mol. The van der Waals surface area contributed by atoms with E-state index < -0.39 is 5.97 Å². The van der Waals surface area contributed by atoms with Crippen LogP contribution in [0.3, 0.4) is 0 Å². The van der Waals surface area contributed by atoms with Crippen LogP contribution in [-0.2, 0) is 6.42 Å². The number of hydrogen-bond donors (Lipinski definition) is 1. The van der Waals surface area contributed by atoms with Gasteiger partial charge in [0, 0.05) is 16.8 Å². The van der Waals surface area contributed by atoms with Crippen molar-refractivity contribution in [3.8, 4) is 0 Å². The van der Waals surface area contributed by atoms with E-state index in [1.807, 2.05) is 24.3 Å². The topological polar surface area (TPSA) is 37.3 Å². The summed E-state index contributed by atoms with van der Waals surface area (Å²) in [4.78, 5) is 11.4. The van der Waals surface area contributed by atoms with Gasteiger partial charge >= 0.3 is 5.97 Å². The summed E-state index contributed by atoms with van der Waals surface area (Å²) in [6.07, 6.45) is 0.672. The van der Waals surface area contributed by atoms with Gasteiger partial charge in [-0.1, -0.05) is 35.3 Å². The molecule has 2 nitrogen and oxygen atoms in total. The second kappa shape index (κ2) is 5.37. The molecule has 0 fully saturated rings. The minimum absolute atomic E-state index is 0.347. The molecule has 1 aromatic carbocycles. The minimum atomic E-state index is -0.896. The van der Waals surface area contributed by atoms with Gasteiger partial charge in [0.15, 0.2) is 0 Å². The van der Waals surface area contributed by atoms with Gasteiger partial charge in [-0.05, 0) is 29.3 Å². The molecule has 0 unspecified atom stereocenters. The highest BCUT2D eigenvalue weighted by Crippen LogP contribution is 2.41. The van der Waals surface area contributed by atoms with E-state index >= 15 is 0 Å². The molecular weight excluding hydrogens is 335 g/mol. The van der Waals surface area contributed by atoms with E-state index in [0.29, 0.717) is 16.3 Å². The van der Waals surface area contributed by atoms with Gasteiger partial charge in [0.25, 0.3) is 0 Å². The summed E-state index contributed by atoms with van der Waals surface area (Å²) in [5, 5.41) is 10.7. The van der Waals surface area contributed by atoms with Gasteiger partial charge in [-0.2, -0.15) is 0 Å². The number of carboxylic acids is 1. The monoisotopic (exact) mass is 342 g/mol. The zero-order chi connectivity index (χ0) is 14.3. The van der Waals surface area contributed by atoms with Crippen molar-refractivity contribution in [3.63, 3.8) is 0 Å². The summed E-state index contributed by atoms with van der Waals surface area (Å²) in [5.74, 6) is -0.896. The molecule has 102 valence electrons. The predicted molar refractivity (Wildman–Crippen MR) is 85.9 cm³/mol. The van der Waals surface area contributed by atoms with Gasteiger partial charge < -0.3 is 5.11 Å². The van der Waals surface area contributed by atoms with Gasteiger partial charge in [-0.3, -0.25) is 0 Å². The molecule has 3 aromatic rings. The summed E-state index contributed by atoms with van der Waals surface area (Å²) >= 11 is 14.8. The molecule has 0 amide bonds. The highest BCUT2D eigenvalue weighted by atomic mass is 35.5. The molecule has 1 N–H and O–H groups in total. The number of halogens is 2. The van der Waals surface area contributed by atoms with Crippen molar-refractivity contribution in [2.24, 2.45) is 0 Å². The van der Waals surface area contributed by atoms with Crippen LogP contribution < -0.4 is 0 Å². The highest BCUT2D eigenvalue weighted by molar-refractivity contribution is 7.40. The van der Waals surface area contributed by atoms with E-state index in [-0.39, 0.29) is 0 Å². The van der Waals surface area contributed by atoms with E-state index in [1.165, 1.54) is 22.7 Å². The maximum absolute atomic E-state index is 11.0. The van der Waals surface area contributed by atoms with Gasteiger partial charge in [0.05, 0.1) is 8.35 Å². The molecule has 0 aliphatic rings. The zero-order valence-electron chi connectivity index (χ0n) is 10.0. The first-order valence-corrected chi connectivity index (χ1v) is 8.12. The van der Waals surface area contributed by atoms with E-state index in [2.05, 4.69) is 0 Å². The van der Waals surface area contributed by atoms with Crippen LogP contribution in [0.4, 0.5) is 0 Å². The number of thiophene rings is 2. The molecule has 3 rings (SSSR count). The van der Waals surface area contributed by atoms with E-state index in [1.54, 1.807) is 6.07 Å². The third kappa shape index (κ3) is 2.56. The molecule has 0 aliphatic carbocycles. The van der Waals surface area contributed by atoms with Crippen LogP contribution in [0, 0.1) is 0 Å². The third-order valence-electron chi connectivity index (χ3n) is 2.95. The Kier molecular flexibility index (Phi) is 3.73. The van der Waals surface area contributed by atoms with Crippen LogP contribution in [0.2, 0.25) is 9.36 Å². The molecular formula is C14H8Cl2O2S2. The molecule has 6 heteroatoms. The van der Waals surface area contributed by atoms with Crippen molar-refractivity contribution >= 4 is 61.2 Å². The van der Waals surface area contributed by atoms with Gasteiger partial charge in [-0.15, -0.1) is 22.7 Å². The van der Waals surface area contributed by atoms with Gasteiger partial charge in [0.2, 0.25) is 0 Å². The lowest BCUT2D eigenvalue weighted by molar-refractivity contribution is 0.0702. The molecule has 2 aromatic heterocycles. The number of fused-ring (bicyclic) bond motifs is 1. The van der Waals surface area contributed by atoms with Crippen LogP contribution in [0.25, 0.3) is 9.40 Å². The summed E-state index contributed by atoms with van der Waals surface area (Å²) in [6.45, 7) is 0. The summed E-state index contributed by atoms with van der Waals surface area (Å²) in [7, 11) is 0. The summed E-state index contributed by atoms with van der Waals surface area (Å²) in [5.41, 5.74) is 2.08. The van der Waals surface area contributed by atoms with Gasteiger partial charge in [0.1, 0.15) is 4.88 Å². The van der Waals surface area contributed by atoms with Crippen molar-refractivity contribution in [2.75, 3.05) is 0 Å². The Morgan fingerprint density at radius 3 is 2.50 bits per heavy atom. The zero-order valence-corrected chi connectivity index (χ0v) is 13.2. The molecule has 0 saturated carbocycles. The van der Waals surface area contributed by atoms with E-state index in [9.17, 15) is 4.79 Å². The molecule has 0 bridgehead atoms. The molecule has 0 radical (unpaired) electrons. The quantitative estimate of drug-likeness (QED) is 0.676. The molecule has 0 saturated heterocycles. The Hall–Kier alpha value is -1.07. The number of carboxylic acid groups (broad SMARTS) is 1. The van der Waals surface area contributed by atoms with Crippen molar-refractivity contribution < 1.29 is 9.90 Å². The number of hydrogen-bond acceptors (Lipinski definition) is 3. The minimum Gasteiger partial charge on any atom is -0.477 e. The van der Waals surface area contributed by atoms with E-state index in [0.717, 1.165) is 24.9 Å². The average Bonchev–Trinajstić information content (AvgIpc) is 2.92. The van der Waals surface area contributed by atoms with Crippen molar-refractivity contribution in [3.05, 3.63) is 55.7 Å². The highest BCUT2D eigenvalue weighted by Gasteiger charge is 2.17. The SMILES string of the molecule is O=C(O)c1cc2c(Cc3ccc(Cl)cc3)c(Cl)sc2s1. The lowest BCUT2D eigenvalue weighted by Gasteiger charge is -2.01. The predicted octanol–water partition coefficient (Wildman–Crippen LogP) is 5.56. The number of carbonyl (C=O) groups is 1. The second-order valence-corrected chi connectivity index (χ2v) is 7.64. The molecule has 2 heterocycles. The lowest BCUT2D eigenvalue weighted by atomic mass is 10.1. The molecule has 20 heavy (non-hydrogen) atoms. The van der Waals surface area contributed by atoms with Crippen LogP contribution >= 0.6 is 45.9 Å². The van der Waals surface area contributed by atoms with Crippen molar-refractivity contribution in [1.82, 2.24) is 0 Å². The van der Waals surface area contributed by atoms with Crippen LogP contribution in [0.15, 0.2) is 30.3 Å². The number of rotatable bonds is 3. The Morgan fingerprint density at radius 2 is 1.85 bits per heavy atom. The molecule has 0 atom stereocenters. The van der Waals surface area contributed by atoms with E-state index in [4.69, 9.17) is 28.3 Å². The number of aromatic carboxylic acids is 1. The maximum Gasteiger partial charge on any atom is 0.345 e. The standard InChI is InChI=1S/C14H8Cl2O2S2/c15-8-3-1-7(2-4-8)5-9-10-6-11(13(17)18)19-14(10)20-12(9)16/h1-4,6H,5H2,(H,17,18). The lowest BCUT2D eigenvalue weighted by Crippen LogP contribution is -1.90. The fraction of sp³-hybridized carbons (Fsp3) is 0.0714. The number of benzene rings is 1. The normalized spacial score (nSPS) is 11.1. The smallest absolute Gasteiger partial charge is 0.345 e. The second-order valence-electron chi connectivity index (χ2n) is 4.27. The Bertz CT molecular complexity index is 787. The molecule has 0 spiro atoms. The van der Waals surface area contributed by atoms with Crippen LogP contribution in [-0.4, -0.2) is 11.1 Å². The maximum atomic E-state index is 11.0. The Balaban J connectivity index is 2.03. The van der Waals surface area contributed by atoms with Crippen LogP contribution in [0.1, 0.15) is 20.8 Å². The van der Waals surface area contributed by atoms with Gasteiger partial charge in [-0.25, -0.2) is 4.79 Å². The summed E-state index contributed by atoms with van der Waals surface area (Å²) < 4.78 is 1.68. The molecule has 0 aliphatic heterocycles. The third-order valence-corrected chi connectivity index (χ3v) is 5.91. The first-order chi connectivity index (χ1) is 9.54. The Labute approximate surface area is 133 Å². The Morgan fingerprint density at radius 1 is 1.15 bits per heavy atom. The first-order valence-electron chi connectivity index (χ1n) is 5.73. The fourth-order valence-electron chi connectivity index (χ4n) is 1.99. The first kappa shape index (κ1) is 13.9. The summed E-state index contributed by atoms with van der Waals surface area (Å²) in [6, 6.07) is 9.28. The largest absolute Gasteiger partial charge is 0.477 e. The fourth-order valence-corrected chi connectivity index (χ4v) is 4.85. The van der Waals surface area contributed by atoms with Crippen LogP contribution in [0.5, 0.6) is 0 Å².